The molecule has 1 saturated carbocycles. The lowest BCUT2D eigenvalue weighted by Crippen LogP contribution is -2.54. The first kappa shape index (κ1) is 14.0. The SMILES string of the molecule is CCNC(c1cccnc1)C1(N2CCCC2)CCCC1. The van der Waals surface area contributed by atoms with Crippen molar-refractivity contribution in [1.29, 1.82) is 0 Å². The molecule has 0 amide bonds. The van der Waals surface area contributed by atoms with Gasteiger partial charge in [0.15, 0.2) is 0 Å². The summed E-state index contributed by atoms with van der Waals surface area (Å²) in [6, 6.07) is 4.75. The van der Waals surface area contributed by atoms with Crippen molar-refractivity contribution >= 4 is 0 Å². The number of nitrogens with one attached hydrogen (secondary N) is 1. The first-order valence-electron chi connectivity index (χ1n) is 8.25. The van der Waals surface area contributed by atoms with Gasteiger partial charge in [-0.2, -0.15) is 0 Å². The van der Waals surface area contributed by atoms with Crippen molar-refractivity contribution in [3.8, 4) is 0 Å². The van der Waals surface area contributed by atoms with E-state index in [-0.39, 0.29) is 0 Å². The molecule has 2 fully saturated rings. The summed E-state index contributed by atoms with van der Waals surface area (Å²) >= 11 is 0. The fourth-order valence-corrected chi connectivity index (χ4v) is 4.31. The molecule has 1 N–H and O–H groups in total. The highest BCUT2D eigenvalue weighted by Crippen LogP contribution is 2.45. The lowest BCUT2D eigenvalue weighted by atomic mass is 9.82. The van der Waals surface area contributed by atoms with E-state index < -0.39 is 0 Å². The second-order valence-electron chi connectivity index (χ2n) is 6.28. The third-order valence-electron chi connectivity index (χ3n) is 5.17. The van der Waals surface area contributed by atoms with Gasteiger partial charge in [-0.05, 0) is 56.9 Å². The summed E-state index contributed by atoms with van der Waals surface area (Å²) in [5.41, 5.74) is 1.69. The van der Waals surface area contributed by atoms with Crippen LogP contribution in [0.25, 0.3) is 0 Å². The van der Waals surface area contributed by atoms with E-state index in [1.54, 1.807) is 0 Å². The molecule has 1 aliphatic carbocycles. The first-order chi connectivity index (χ1) is 9.87. The minimum absolute atomic E-state index is 0.329. The molecule has 1 unspecified atom stereocenters. The zero-order valence-corrected chi connectivity index (χ0v) is 12.6. The Labute approximate surface area is 122 Å². The molecule has 2 heterocycles. The van der Waals surface area contributed by atoms with Gasteiger partial charge in [-0.3, -0.25) is 9.88 Å². The lowest BCUT2D eigenvalue weighted by molar-refractivity contribution is 0.0769. The molecule has 3 nitrogen and oxygen atoms in total. The minimum atomic E-state index is 0.329. The molecule has 3 heteroatoms. The number of hydrogen-bond donors (Lipinski definition) is 1. The minimum Gasteiger partial charge on any atom is -0.309 e. The maximum atomic E-state index is 4.36. The number of likely N-dealkylation sites (N-methyl/N-ethyl adjacent to an activating group) is 1. The van der Waals surface area contributed by atoms with Crippen LogP contribution in [0.15, 0.2) is 24.5 Å². The molecule has 110 valence electrons. The standard InChI is InChI=1S/C17H27N3/c1-2-19-16(15-8-7-11-18-14-15)17(9-3-4-10-17)20-12-5-6-13-20/h7-8,11,14,16,19H,2-6,9-10,12-13H2,1H3. The zero-order valence-electron chi connectivity index (χ0n) is 12.6. The average Bonchev–Trinajstić information content (AvgIpc) is 3.17. The molecular weight excluding hydrogens is 246 g/mol. The zero-order chi connectivity index (χ0) is 13.8. The van der Waals surface area contributed by atoms with Crippen LogP contribution in [0.5, 0.6) is 0 Å². The molecule has 1 aliphatic heterocycles. The quantitative estimate of drug-likeness (QED) is 0.893. The van der Waals surface area contributed by atoms with Gasteiger partial charge in [0, 0.05) is 17.9 Å². The van der Waals surface area contributed by atoms with Crippen molar-refractivity contribution in [2.24, 2.45) is 0 Å². The van der Waals surface area contributed by atoms with E-state index in [0.29, 0.717) is 11.6 Å². The van der Waals surface area contributed by atoms with Crippen molar-refractivity contribution in [3.05, 3.63) is 30.1 Å². The van der Waals surface area contributed by atoms with Crippen LogP contribution in [0.2, 0.25) is 0 Å². The monoisotopic (exact) mass is 273 g/mol. The van der Waals surface area contributed by atoms with Crippen LogP contribution in [0.3, 0.4) is 0 Å². The number of nitrogens with zero attached hydrogens (tertiary/aromatic N) is 2. The Morgan fingerprint density at radius 2 is 2.00 bits per heavy atom. The fourth-order valence-electron chi connectivity index (χ4n) is 4.31. The summed E-state index contributed by atoms with van der Waals surface area (Å²) < 4.78 is 0. The van der Waals surface area contributed by atoms with E-state index in [2.05, 4.69) is 40.5 Å². The average molecular weight is 273 g/mol. The predicted octanol–water partition coefficient (Wildman–Crippen LogP) is 3.14. The fraction of sp³-hybridized carbons (Fsp3) is 0.706. The Hall–Kier alpha value is -0.930. The molecule has 20 heavy (non-hydrogen) atoms. The maximum absolute atomic E-state index is 4.36. The second-order valence-corrected chi connectivity index (χ2v) is 6.28. The van der Waals surface area contributed by atoms with Gasteiger partial charge in [0.1, 0.15) is 0 Å². The molecule has 0 aromatic carbocycles. The highest BCUT2D eigenvalue weighted by atomic mass is 15.2. The van der Waals surface area contributed by atoms with Gasteiger partial charge in [0.2, 0.25) is 0 Å². The predicted molar refractivity (Wildman–Crippen MR) is 82.7 cm³/mol. The maximum Gasteiger partial charge on any atom is 0.0522 e. The summed E-state index contributed by atoms with van der Waals surface area (Å²) in [7, 11) is 0. The highest BCUT2D eigenvalue weighted by molar-refractivity contribution is 5.21. The Bertz CT molecular complexity index is 406. The van der Waals surface area contributed by atoms with Gasteiger partial charge in [-0.15, -0.1) is 0 Å². The van der Waals surface area contributed by atoms with Gasteiger partial charge in [0.25, 0.3) is 0 Å². The summed E-state index contributed by atoms with van der Waals surface area (Å²) in [6.07, 6.45) is 12.1. The van der Waals surface area contributed by atoms with Crippen molar-refractivity contribution in [3.63, 3.8) is 0 Å². The molecular formula is C17H27N3. The van der Waals surface area contributed by atoms with Crippen molar-refractivity contribution in [1.82, 2.24) is 15.2 Å². The van der Waals surface area contributed by atoms with Crippen LogP contribution < -0.4 is 5.32 Å². The summed E-state index contributed by atoms with van der Waals surface area (Å²) in [5.74, 6) is 0. The van der Waals surface area contributed by atoms with Crippen LogP contribution in [-0.2, 0) is 0 Å². The number of pyridine rings is 1. The molecule has 0 spiro atoms. The third kappa shape index (κ3) is 2.49. The summed E-state index contributed by atoms with van der Waals surface area (Å²) in [4.78, 5) is 7.14. The van der Waals surface area contributed by atoms with Crippen molar-refractivity contribution < 1.29 is 0 Å². The van der Waals surface area contributed by atoms with Crippen LogP contribution in [-0.4, -0.2) is 35.1 Å². The van der Waals surface area contributed by atoms with Gasteiger partial charge in [-0.1, -0.05) is 25.8 Å². The Balaban J connectivity index is 1.93. The number of likely N-dealkylation sites (tertiary alicyclic amines) is 1. The van der Waals surface area contributed by atoms with Crippen LogP contribution in [0, 0.1) is 0 Å². The number of aromatic nitrogens is 1. The van der Waals surface area contributed by atoms with Crippen LogP contribution in [0.4, 0.5) is 0 Å². The van der Waals surface area contributed by atoms with E-state index in [1.165, 1.54) is 57.2 Å². The van der Waals surface area contributed by atoms with Gasteiger partial charge >= 0.3 is 0 Å². The Morgan fingerprint density at radius 3 is 2.60 bits per heavy atom. The molecule has 1 aromatic heterocycles. The number of hydrogen-bond acceptors (Lipinski definition) is 3. The number of rotatable bonds is 5. The smallest absolute Gasteiger partial charge is 0.0522 e. The van der Waals surface area contributed by atoms with E-state index >= 15 is 0 Å². The van der Waals surface area contributed by atoms with Crippen LogP contribution in [0.1, 0.15) is 57.1 Å². The van der Waals surface area contributed by atoms with Gasteiger partial charge in [0.05, 0.1) is 6.04 Å². The molecule has 2 aliphatic rings. The normalized spacial score (nSPS) is 24.1. The molecule has 1 saturated heterocycles. The lowest BCUT2D eigenvalue weighted by Gasteiger charge is -2.45. The molecule has 0 bridgehead atoms. The summed E-state index contributed by atoms with van der Waals surface area (Å²) in [6.45, 7) is 5.80. The third-order valence-corrected chi connectivity index (χ3v) is 5.17. The van der Waals surface area contributed by atoms with E-state index in [9.17, 15) is 0 Å². The van der Waals surface area contributed by atoms with E-state index in [4.69, 9.17) is 0 Å². The van der Waals surface area contributed by atoms with Crippen molar-refractivity contribution in [2.45, 2.75) is 57.0 Å². The molecule has 0 radical (unpaired) electrons. The Morgan fingerprint density at radius 1 is 1.25 bits per heavy atom. The van der Waals surface area contributed by atoms with Gasteiger partial charge < -0.3 is 5.32 Å². The molecule has 3 rings (SSSR count). The largest absolute Gasteiger partial charge is 0.309 e. The van der Waals surface area contributed by atoms with Gasteiger partial charge in [-0.25, -0.2) is 0 Å². The summed E-state index contributed by atoms with van der Waals surface area (Å²) in [5, 5.41) is 3.78. The Kier molecular flexibility index (Phi) is 4.37. The van der Waals surface area contributed by atoms with E-state index in [0.717, 1.165) is 6.54 Å². The second kappa shape index (κ2) is 6.23. The molecule has 1 aromatic rings. The molecule has 1 atom stereocenters. The van der Waals surface area contributed by atoms with Crippen LogP contribution >= 0.6 is 0 Å². The first-order valence-corrected chi connectivity index (χ1v) is 8.25. The highest BCUT2D eigenvalue weighted by Gasteiger charge is 2.46. The van der Waals surface area contributed by atoms with Crippen molar-refractivity contribution in [2.75, 3.05) is 19.6 Å². The topological polar surface area (TPSA) is 28.2 Å². The van der Waals surface area contributed by atoms with E-state index in [1.807, 2.05) is 6.20 Å².